The first-order chi connectivity index (χ1) is 12.1. The van der Waals surface area contributed by atoms with Gasteiger partial charge in [0.2, 0.25) is 11.2 Å². The summed E-state index contributed by atoms with van der Waals surface area (Å²) in [6.45, 7) is 4.38. The maximum atomic E-state index is 2.38. The van der Waals surface area contributed by atoms with Crippen molar-refractivity contribution >= 4 is 10.9 Å². The van der Waals surface area contributed by atoms with Crippen LogP contribution >= 0.6 is 0 Å². The van der Waals surface area contributed by atoms with Gasteiger partial charge in [0.1, 0.15) is 7.05 Å². The molecular weight excluding hydrogens is 302 g/mol. The van der Waals surface area contributed by atoms with Crippen LogP contribution in [0.3, 0.4) is 0 Å². The lowest BCUT2D eigenvalue weighted by Crippen LogP contribution is -2.32. The summed E-state index contributed by atoms with van der Waals surface area (Å²) in [5.41, 5.74) is 8.20. The van der Waals surface area contributed by atoms with Crippen LogP contribution in [0.1, 0.15) is 54.7 Å². The third-order valence-corrected chi connectivity index (χ3v) is 5.96. The second-order valence-corrected chi connectivity index (χ2v) is 7.71. The van der Waals surface area contributed by atoms with Gasteiger partial charge in [-0.05, 0) is 55.9 Å². The van der Waals surface area contributed by atoms with Gasteiger partial charge in [-0.3, -0.25) is 0 Å². The molecule has 128 valence electrons. The summed E-state index contributed by atoms with van der Waals surface area (Å²) >= 11 is 0. The summed E-state index contributed by atoms with van der Waals surface area (Å²) in [6, 6.07) is 18.3. The van der Waals surface area contributed by atoms with Crippen molar-refractivity contribution in [3.8, 4) is 11.3 Å². The van der Waals surface area contributed by atoms with Crippen LogP contribution in [0.2, 0.25) is 0 Å². The zero-order valence-corrected chi connectivity index (χ0v) is 15.7. The fourth-order valence-electron chi connectivity index (χ4n) is 4.50. The van der Waals surface area contributed by atoms with Gasteiger partial charge in [-0.15, -0.1) is 0 Å². The molecule has 1 nitrogen and oxygen atoms in total. The van der Waals surface area contributed by atoms with E-state index in [1.165, 1.54) is 65.4 Å². The van der Waals surface area contributed by atoms with Crippen molar-refractivity contribution < 1.29 is 4.57 Å². The summed E-state index contributed by atoms with van der Waals surface area (Å²) in [5, 5.41) is 1.44. The topological polar surface area (TPSA) is 3.88 Å². The molecule has 0 atom stereocenters. The van der Waals surface area contributed by atoms with E-state index >= 15 is 0 Å². The Morgan fingerprint density at radius 2 is 1.68 bits per heavy atom. The minimum atomic E-state index is 0.740. The van der Waals surface area contributed by atoms with E-state index in [4.69, 9.17) is 0 Å². The average Bonchev–Trinajstić information content (AvgIpc) is 2.65. The van der Waals surface area contributed by atoms with E-state index in [0.717, 1.165) is 5.92 Å². The highest BCUT2D eigenvalue weighted by atomic mass is 14.9. The fourth-order valence-corrected chi connectivity index (χ4v) is 4.50. The standard InChI is InChI=1S/C24H28N/c1-17-12-13-18(2)22(16-17)24-15-14-21-20(19-8-5-4-6-9-19)10-7-11-23(21)25(24)3/h7,10-16,19H,4-6,8-9H2,1-3H3/q+1. The van der Waals surface area contributed by atoms with Gasteiger partial charge in [-0.25, -0.2) is 0 Å². The smallest absolute Gasteiger partial charge is 0.194 e. The lowest BCUT2D eigenvalue weighted by molar-refractivity contribution is -0.633. The SMILES string of the molecule is Cc1ccc(C)c(-c2ccc3c(C4CCCCC4)cccc3[n+]2C)c1. The van der Waals surface area contributed by atoms with Crippen LogP contribution in [-0.4, -0.2) is 0 Å². The van der Waals surface area contributed by atoms with Gasteiger partial charge in [-0.2, -0.15) is 4.57 Å². The van der Waals surface area contributed by atoms with Crippen molar-refractivity contribution in [3.05, 3.63) is 65.2 Å². The van der Waals surface area contributed by atoms with Gasteiger partial charge in [0.25, 0.3) is 0 Å². The van der Waals surface area contributed by atoms with E-state index in [9.17, 15) is 0 Å². The zero-order chi connectivity index (χ0) is 17.4. The number of aryl methyl sites for hydroxylation is 3. The Bertz CT molecular complexity index is 917. The lowest BCUT2D eigenvalue weighted by atomic mass is 9.82. The Morgan fingerprint density at radius 3 is 2.48 bits per heavy atom. The molecule has 0 bridgehead atoms. The largest absolute Gasteiger partial charge is 0.213 e. The van der Waals surface area contributed by atoms with E-state index in [2.05, 4.69) is 74.0 Å². The van der Waals surface area contributed by atoms with E-state index in [1.807, 2.05) is 0 Å². The molecule has 0 N–H and O–H groups in total. The number of hydrogen-bond acceptors (Lipinski definition) is 0. The molecule has 1 fully saturated rings. The highest BCUT2D eigenvalue weighted by Gasteiger charge is 2.22. The van der Waals surface area contributed by atoms with E-state index < -0.39 is 0 Å². The molecule has 1 heteroatoms. The number of nitrogens with zero attached hydrogens (tertiary/aromatic N) is 1. The molecule has 1 aliphatic rings. The first-order valence-electron chi connectivity index (χ1n) is 9.64. The molecule has 0 amide bonds. The van der Waals surface area contributed by atoms with Gasteiger partial charge in [0, 0.05) is 23.1 Å². The molecule has 0 unspecified atom stereocenters. The molecule has 1 saturated carbocycles. The molecule has 25 heavy (non-hydrogen) atoms. The van der Waals surface area contributed by atoms with E-state index in [0.29, 0.717) is 0 Å². The number of aromatic nitrogens is 1. The van der Waals surface area contributed by atoms with Gasteiger partial charge < -0.3 is 0 Å². The van der Waals surface area contributed by atoms with Crippen molar-refractivity contribution in [2.45, 2.75) is 51.9 Å². The Kier molecular flexibility index (Phi) is 4.33. The number of rotatable bonds is 2. The Balaban J connectivity index is 1.87. The predicted molar refractivity (Wildman–Crippen MR) is 106 cm³/mol. The number of hydrogen-bond donors (Lipinski definition) is 0. The summed E-state index contributed by atoms with van der Waals surface area (Å²) in [7, 11) is 2.21. The zero-order valence-electron chi connectivity index (χ0n) is 15.7. The summed E-state index contributed by atoms with van der Waals surface area (Å²) in [5.74, 6) is 0.740. The van der Waals surface area contributed by atoms with Gasteiger partial charge >= 0.3 is 0 Å². The molecule has 0 spiro atoms. The average molecular weight is 330 g/mol. The fraction of sp³-hybridized carbons (Fsp3) is 0.375. The maximum absolute atomic E-state index is 2.38. The van der Waals surface area contributed by atoms with Crippen molar-refractivity contribution in [3.63, 3.8) is 0 Å². The molecule has 1 aliphatic carbocycles. The molecule has 1 heterocycles. The van der Waals surface area contributed by atoms with Crippen LogP contribution in [0.4, 0.5) is 0 Å². The first-order valence-corrected chi connectivity index (χ1v) is 9.64. The minimum Gasteiger partial charge on any atom is -0.194 e. The van der Waals surface area contributed by atoms with Gasteiger partial charge in [0.15, 0.2) is 0 Å². The maximum Gasteiger partial charge on any atom is 0.213 e. The first kappa shape index (κ1) is 16.3. The third-order valence-electron chi connectivity index (χ3n) is 5.96. The van der Waals surface area contributed by atoms with Crippen LogP contribution in [-0.2, 0) is 7.05 Å². The second-order valence-electron chi connectivity index (χ2n) is 7.71. The second kappa shape index (κ2) is 6.63. The lowest BCUT2D eigenvalue weighted by Gasteiger charge is -2.23. The summed E-state index contributed by atoms with van der Waals surface area (Å²) in [6.07, 6.45) is 6.87. The third kappa shape index (κ3) is 2.97. The van der Waals surface area contributed by atoms with Crippen LogP contribution in [0.25, 0.3) is 22.2 Å². The number of benzene rings is 2. The predicted octanol–water partition coefficient (Wildman–Crippen LogP) is 6.00. The molecule has 2 aromatic carbocycles. The van der Waals surface area contributed by atoms with E-state index in [1.54, 1.807) is 5.56 Å². The molecule has 0 saturated heterocycles. The number of fused-ring (bicyclic) bond motifs is 1. The van der Waals surface area contributed by atoms with Crippen molar-refractivity contribution in [1.29, 1.82) is 0 Å². The summed E-state index contributed by atoms with van der Waals surface area (Å²) in [4.78, 5) is 0. The number of pyridine rings is 1. The van der Waals surface area contributed by atoms with Crippen LogP contribution in [0.5, 0.6) is 0 Å². The van der Waals surface area contributed by atoms with Gasteiger partial charge in [-0.1, -0.05) is 49.1 Å². The highest BCUT2D eigenvalue weighted by Crippen LogP contribution is 2.36. The highest BCUT2D eigenvalue weighted by molar-refractivity contribution is 5.82. The Morgan fingerprint density at radius 1 is 0.880 bits per heavy atom. The van der Waals surface area contributed by atoms with Crippen molar-refractivity contribution in [1.82, 2.24) is 0 Å². The molecular formula is C24H28N+. The Hall–Kier alpha value is -2.15. The van der Waals surface area contributed by atoms with Crippen molar-refractivity contribution in [2.24, 2.45) is 7.05 Å². The van der Waals surface area contributed by atoms with Crippen LogP contribution in [0.15, 0.2) is 48.5 Å². The van der Waals surface area contributed by atoms with Crippen LogP contribution < -0.4 is 4.57 Å². The minimum absolute atomic E-state index is 0.740. The summed E-state index contributed by atoms with van der Waals surface area (Å²) < 4.78 is 2.38. The Labute approximate surface area is 151 Å². The molecule has 0 radical (unpaired) electrons. The normalized spacial score (nSPS) is 15.6. The molecule has 4 rings (SSSR count). The molecule has 1 aromatic heterocycles. The van der Waals surface area contributed by atoms with Crippen molar-refractivity contribution in [2.75, 3.05) is 0 Å². The quantitative estimate of drug-likeness (QED) is 0.508. The van der Waals surface area contributed by atoms with Crippen LogP contribution in [0, 0.1) is 13.8 Å². The van der Waals surface area contributed by atoms with Gasteiger partial charge in [0.05, 0.1) is 0 Å². The monoisotopic (exact) mass is 330 g/mol. The molecule has 3 aromatic rings. The van der Waals surface area contributed by atoms with E-state index in [-0.39, 0.29) is 0 Å². The molecule has 0 aliphatic heterocycles.